The standard InChI is InChI=1S/C14H11NO8/c16-11(17)8(12(18)19)6-2-1-5-3-4-15-10(5)7(6)9(13(20)21)14(22)23/h1-4,8-9,15H,(H,16,17)(H,18,19)(H,20,21)(H,22,23). The molecule has 0 radical (unpaired) electrons. The van der Waals surface area contributed by atoms with Gasteiger partial charge in [0.15, 0.2) is 11.8 Å². The summed E-state index contributed by atoms with van der Waals surface area (Å²) in [7, 11) is 0. The van der Waals surface area contributed by atoms with E-state index in [0.29, 0.717) is 5.39 Å². The Kier molecular flexibility index (Phi) is 4.04. The van der Waals surface area contributed by atoms with Crippen LogP contribution in [0.15, 0.2) is 24.4 Å². The molecular formula is C14H11NO8. The number of carboxylic acid groups (broad SMARTS) is 4. The van der Waals surface area contributed by atoms with E-state index in [-0.39, 0.29) is 11.1 Å². The minimum atomic E-state index is -2.10. The molecule has 5 N–H and O–H groups in total. The largest absolute Gasteiger partial charge is 0.480 e. The molecule has 9 nitrogen and oxygen atoms in total. The summed E-state index contributed by atoms with van der Waals surface area (Å²) in [5.74, 6) is -11.1. The monoisotopic (exact) mass is 321 g/mol. The lowest BCUT2D eigenvalue weighted by molar-refractivity contribution is -0.153. The van der Waals surface area contributed by atoms with Crippen LogP contribution in [-0.2, 0) is 19.2 Å². The van der Waals surface area contributed by atoms with E-state index in [4.69, 9.17) is 10.2 Å². The molecule has 0 aliphatic carbocycles. The van der Waals surface area contributed by atoms with Crippen molar-refractivity contribution in [3.05, 3.63) is 35.5 Å². The molecule has 0 fully saturated rings. The van der Waals surface area contributed by atoms with Gasteiger partial charge in [0.05, 0.1) is 5.52 Å². The normalized spacial score (nSPS) is 11.0. The number of nitrogens with one attached hydrogen (secondary N) is 1. The van der Waals surface area contributed by atoms with Gasteiger partial charge >= 0.3 is 23.9 Å². The zero-order chi connectivity index (χ0) is 17.3. The van der Waals surface area contributed by atoms with Gasteiger partial charge in [-0.15, -0.1) is 0 Å². The molecule has 2 rings (SSSR count). The Hall–Kier alpha value is -3.36. The third-order valence-electron chi connectivity index (χ3n) is 3.39. The lowest BCUT2D eigenvalue weighted by atomic mass is 9.85. The third kappa shape index (κ3) is 2.71. The highest BCUT2D eigenvalue weighted by molar-refractivity contribution is 6.06. The van der Waals surface area contributed by atoms with Crippen molar-refractivity contribution >= 4 is 34.8 Å². The predicted molar refractivity (Wildman–Crippen MR) is 74.3 cm³/mol. The Morgan fingerprint density at radius 2 is 1.30 bits per heavy atom. The van der Waals surface area contributed by atoms with Crippen LogP contribution in [0.5, 0.6) is 0 Å². The van der Waals surface area contributed by atoms with Crippen molar-refractivity contribution in [2.24, 2.45) is 0 Å². The first kappa shape index (κ1) is 16.0. The van der Waals surface area contributed by atoms with E-state index in [1.54, 1.807) is 0 Å². The Bertz CT molecular complexity index is 793. The van der Waals surface area contributed by atoms with E-state index >= 15 is 0 Å². The van der Waals surface area contributed by atoms with E-state index in [1.807, 2.05) is 0 Å². The summed E-state index contributed by atoms with van der Waals surface area (Å²) in [4.78, 5) is 47.8. The van der Waals surface area contributed by atoms with Crippen LogP contribution in [0.4, 0.5) is 0 Å². The van der Waals surface area contributed by atoms with Gasteiger partial charge in [-0.2, -0.15) is 0 Å². The van der Waals surface area contributed by atoms with Crippen LogP contribution in [0.1, 0.15) is 23.0 Å². The molecule has 120 valence electrons. The van der Waals surface area contributed by atoms with Crippen molar-refractivity contribution in [2.75, 3.05) is 0 Å². The van der Waals surface area contributed by atoms with Crippen molar-refractivity contribution in [3.63, 3.8) is 0 Å². The second-order valence-electron chi connectivity index (χ2n) is 4.73. The molecule has 0 saturated carbocycles. The van der Waals surface area contributed by atoms with E-state index < -0.39 is 41.3 Å². The van der Waals surface area contributed by atoms with Gasteiger partial charge in [-0.3, -0.25) is 19.2 Å². The number of aromatic nitrogens is 1. The van der Waals surface area contributed by atoms with Crippen LogP contribution in [0, 0.1) is 0 Å². The first-order valence-electron chi connectivity index (χ1n) is 6.26. The van der Waals surface area contributed by atoms with Crippen molar-refractivity contribution in [3.8, 4) is 0 Å². The molecule has 0 aliphatic rings. The molecule has 1 aromatic heterocycles. The van der Waals surface area contributed by atoms with Gasteiger partial charge in [0, 0.05) is 11.8 Å². The maximum absolute atomic E-state index is 11.3. The number of rotatable bonds is 6. The van der Waals surface area contributed by atoms with Crippen LogP contribution in [0.2, 0.25) is 0 Å². The van der Waals surface area contributed by atoms with Gasteiger partial charge in [-0.25, -0.2) is 0 Å². The van der Waals surface area contributed by atoms with Crippen molar-refractivity contribution < 1.29 is 39.6 Å². The number of aliphatic carboxylic acids is 4. The van der Waals surface area contributed by atoms with E-state index in [0.717, 1.165) is 6.07 Å². The van der Waals surface area contributed by atoms with Crippen LogP contribution in [0.3, 0.4) is 0 Å². The summed E-state index contributed by atoms with van der Waals surface area (Å²) in [6, 6.07) is 4.04. The van der Waals surface area contributed by atoms with Gasteiger partial charge in [0.2, 0.25) is 0 Å². The molecule has 1 heterocycles. The van der Waals surface area contributed by atoms with Crippen LogP contribution < -0.4 is 0 Å². The zero-order valence-corrected chi connectivity index (χ0v) is 11.4. The molecule has 0 atom stereocenters. The highest BCUT2D eigenvalue weighted by atomic mass is 16.4. The minimum Gasteiger partial charge on any atom is -0.480 e. The number of aromatic amines is 1. The average Bonchev–Trinajstić information content (AvgIpc) is 2.87. The highest BCUT2D eigenvalue weighted by Gasteiger charge is 2.38. The maximum atomic E-state index is 11.3. The first-order valence-corrected chi connectivity index (χ1v) is 6.26. The fraction of sp³-hybridized carbons (Fsp3) is 0.143. The molecule has 1 aromatic carbocycles. The highest BCUT2D eigenvalue weighted by Crippen LogP contribution is 2.34. The summed E-state index contributed by atoms with van der Waals surface area (Å²) < 4.78 is 0. The number of hydrogen-bond donors (Lipinski definition) is 5. The number of carboxylic acids is 4. The number of benzene rings is 1. The summed E-state index contributed by atoms with van der Waals surface area (Å²) in [5.41, 5.74) is -0.707. The summed E-state index contributed by atoms with van der Waals surface area (Å²) >= 11 is 0. The van der Waals surface area contributed by atoms with Gasteiger partial charge in [0.1, 0.15) is 0 Å². The lowest BCUT2D eigenvalue weighted by Gasteiger charge is -2.17. The number of hydrogen-bond acceptors (Lipinski definition) is 4. The molecular weight excluding hydrogens is 310 g/mol. The van der Waals surface area contributed by atoms with E-state index in [2.05, 4.69) is 4.98 Å². The molecule has 0 bridgehead atoms. The Morgan fingerprint density at radius 1 is 0.783 bits per heavy atom. The molecule has 0 unspecified atom stereocenters. The molecule has 23 heavy (non-hydrogen) atoms. The third-order valence-corrected chi connectivity index (χ3v) is 3.39. The quantitative estimate of drug-likeness (QED) is 0.484. The van der Waals surface area contributed by atoms with Gasteiger partial charge < -0.3 is 25.4 Å². The van der Waals surface area contributed by atoms with Gasteiger partial charge in [-0.05, 0) is 17.0 Å². The lowest BCUT2D eigenvalue weighted by Crippen LogP contribution is -2.27. The second kappa shape index (κ2) is 5.79. The molecule has 0 aliphatic heterocycles. The first-order chi connectivity index (χ1) is 10.8. The van der Waals surface area contributed by atoms with Crippen LogP contribution >= 0.6 is 0 Å². The number of H-pyrrole nitrogens is 1. The van der Waals surface area contributed by atoms with Gasteiger partial charge in [-0.1, -0.05) is 12.1 Å². The van der Waals surface area contributed by atoms with Crippen molar-refractivity contribution in [1.29, 1.82) is 0 Å². The van der Waals surface area contributed by atoms with Crippen LogP contribution in [-0.4, -0.2) is 49.3 Å². The Morgan fingerprint density at radius 3 is 1.78 bits per heavy atom. The average molecular weight is 321 g/mol. The zero-order valence-electron chi connectivity index (χ0n) is 11.4. The number of fused-ring (bicyclic) bond motifs is 1. The number of carbonyl (C=O) groups is 4. The molecule has 2 aromatic rings. The fourth-order valence-electron chi connectivity index (χ4n) is 2.45. The van der Waals surface area contributed by atoms with Crippen molar-refractivity contribution in [1.82, 2.24) is 4.98 Å². The topological polar surface area (TPSA) is 165 Å². The minimum absolute atomic E-state index is 0.0739. The van der Waals surface area contributed by atoms with E-state index in [1.165, 1.54) is 18.3 Å². The van der Waals surface area contributed by atoms with Crippen molar-refractivity contribution in [2.45, 2.75) is 11.8 Å². The SMILES string of the molecule is O=C(O)C(C(=O)O)c1ccc2cc[nH]c2c1C(C(=O)O)C(=O)O. The van der Waals surface area contributed by atoms with Crippen LogP contribution in [0.25, 0.3) is 10.9 Å². The molecule has 0 spiro atoms. The predicted octanol–water partition coefficient (Wildman–Crippen LogP) is 0.674. The maximum Gasteiger partial charge on any atom is 0.322 e. The second-order valence-corrected chi connectivity index (χ2v) is 4.73. The Balaban J connectivity index is 2.87. The molecule has 0 amide bonds. The smallest absolute Gasteiger partial charge is 0.322 e. The fourth-order valence-corrected chi connectivity index (χ4v) is 2.45. The summed E-state index contributed by atoms with van der Waals surface area (Å²) in [5, 5.41) is 37.0. The Labute approximate surface area is 127 Å². The van der Waals surface area contributed by atoms with Gasteiger partial charge in [0.25, 0.3) is 0 Å². The summed E-state index contributed by atoms with van der Waals surface area (Å²) in [6.07, 6.45) is 1.41. The molecule has 0 saturated heterocycles. The molecule has 9 heteroatoms. The summed E-state index contributed by atoms with van der Waals surface area (Å²) in [6.45, 7) is 0. The van der Waals surface area contributed by atoms with E-state index in [9.17, 15) is 29.4 Å².